The summed E-state index contributed by atoms with van der Waals surface area (Å²) >= 11 is 0. The van der Waals surface area contributed by atoms with E-state index in [9.17, 15) is 9.18 Å². The molecule has 10 heteroatoms. The summed E-state index contributed by atoms with van der Waals surface area (Å²) in [6, 6.07) is 19.4. The van der Waals surface area contributed by atoms with E-state index in [1.54, 1.807) is 30.5 Å². The summed E-state index contributed by atoms with van der Waals surface area (Å²) in [5, 5.41) is 20.7. The van der Waals surface area contributed by atoms with E-state index in [0.29, 0.717) is 11.5 Å². The van der Waals surface area contributed by atoms with Crippen LogP contribution in [0.1, 0.15) is 16.8 Å². The Balaban J connectivity index is 0.000000641. The second-order valence-corrected chi connectivity index (χ2v) is 7.53. The normalized spacial score (nSPS) is 10.2. The topological polar surface area (TPSA) is 129 Å². The molecule has 0 spiro atoms. The molecule has 1 aromatic heterocycles. The highest BCUT2D eigenvalue weighted by atomic mass is 19.1. The number of rotatable bonds is 8. The van der Waals surface area contributed by atoms with Crippen LogP contribution in [0.4, 0.5) is 21.6 Å². The number of pyridine rings is 1. The number of nitrogens with one attached hydrogen (secondary N) is 1. The van der Waals surface area contributed by atoms with Gasteiger partial charge in [0.25, 0.3) is 5.91 Å². The molecule has 3 rings (SSSR count). The molecule has 0 saturated heterocycles. The fourth-order valence-corrected chi connectivity index (χ4v) is 3.05. The van der Waals surface area contributed by atoms with E-state index in [0.717, 1.165) is 25.2 Å². The maximum Gasteiger partial charge on any atom is 0.258 e. The number of hydrogen-bond donors (Lipinski definition) is 1. The number of carbonyl (C=O) groups excluding carboxylic acids is 3. The number of carboxylic acid groups (broad SMARTS) is 2. The quantitative estimate of drug-likeness (QED) is 0.474. The van der Waals surface area contributed by atoms with E-state index in [2.05, 4.69) is 20.1 Å². The third-order valence-corrected chi connectivity index (χ3v) is 4.63. The third-order valence-electron chi connectivity index (χ3n) is 4.63. The van der Waals surface area contributed by atoms with Gasteiger partial charge in [-0.3, -0.25) is 4.79 Å². The van der Waals surface area contributed by atoms with Crippen LogP contribution >= 0.6 is 0 Å². The van der Waals surface area contributed by atoms with E-state index in [1.165, 1.54) is 12.1 Å². The largest absolute Gasteiger partial charge is 0.543 e. The molecule has 9 nitrogen and oxygen atoms in total. The van der Waals surface area contributed by atoms with Crippen molar-refractivity contribution in [1.29, 1.82) is 0 Å². The highest BCUT2D eigenvalue weighted by Gasteiger charge is 2.18. The van der Waals surface area contributed by atoms with Gasteiger partial charge in [0.05, 0.1) is 23.2 Å². The molecule has 2 aromatic carbocycles. The molecule has 1 amide bonds. The summed E-state index contributed by atoms with van der Waals surface area (Å²) in [6.07, 6.45) is 2.61. The van der Waals surface area contributed by atoms with Crippen molar-refractivity contribution < 1.29 is 29.0 Å². The van der Waals surface area contributed by atoms with Crippen molar-refractivity contribution in [3.63, 3.8) is 0 Å². The van der Waals surface area contributed by atoms with Crippen LogP contribution in [-0.2, 0) is 9.59 Å². The van der Waals surface area contributed by atoms with Crippen LogP contribution in [-0.4, -0.2) is 54.9 Å². The Morgan fingerprint density at radius 1 is 0.886 bits per heavy atom. The first-order valence-corrected chi connectivity index (χ1v) is 10.6. The molecule has 0 saturated carbocycles. The Hall–Kier alpha value is -4.31. The van der Waals surface area contributed by atoms with Gasteiger partial charge in [0.1, 0.15) is 5.82 Å². The molecule has 1 N–H and O–H groups in total. The van der Waals surface area contributed by atoms with Gasteiger partial charge in [-0.25, -0.2) is 9.37 Å². The Kier molecular flexibility index (Phi) is 10.3. The number of halogens is 1. The lowest BCUT2D eigenvalue weighted by Gasteiger charge is -2.26. The highest BCUT2D eigenvalue weighted by molar-refractivity contribution is 6.25. The number of aromatic nitrogens is 1. The van der Waals surface area contributed by atoms with Crippen molar-refractivity contribution in [3.8, 4) is 0 Å². The zero-order valence-corrected chi connectivity index (χ0v) is 19.3. The monoisotopic (exact) mass is 480 g/mol. The molecular formula is C25H25FN4O5-2. The van der Waals surface area contributed by atoms with Gasteiger partial charge < -0.3 is 34.9 Å². The average molecular weight is 480 g/mol. The van der Waals surface area contributed by atoms with E-state index in [4.69, 9.17) is 19.8 Å². The summed E-state index contributed by atoms with van der Waals surface area (Å²) in [7, 11) is 4.07. The van der Waals surface area contributed by atoms with E-state index in [-0.39, 0.29) is 5.56 Å². The van der Waals surface area contributed by atoms with Crippen molar-refractivity contribution in [2.24, 2.45) is 0 Å². The Labute approximate surface area is 202 Å². The van der Waals surface area contributed by atoms with E-state index >= 15 is 0 Å². The number of aliphatic carboxylic acids is 2. The highest BCUT2D eigenvalue weighted by Crippen LogP contribution is 2.30. The molecule has 0 aliphatic carbocycles. The number of benzene rings is 2. The maximum atomic E-state index is 14.0. The smallest absolute Gasteiger partial charge is 0.258 e. The van der Waals surface area contributed by atoms with Gasteiger partial charge in [0, 0.05) is 18.4 Å². The van der Waals surface area contributed by atoms with Gasteiger partial charge in [-0.05, 0) is 63.5 Å². The Morgan fingerprint density at radius 3 is 2.11 bits per heavy atom. The summed E-state index contributed by atoms with van der Waals surface area (Å²) in [5.74, 6) is -4.80. The van der Waals surface area contributed by atoms with Crippen LogP contribution in [0.25, 0.3) is 0 Å². The van der Waals surface area contributed by atoms with Crippen molar-refractivity contribution in [2.75, 3.05) is 37.4 Å². The zero-order valence-electron chi connectivity index (χ0n) is 19.3. The number of para-hydroxylation sites is 1. The number of nitrogens with zero attached hydrogens (tertiary/aromatic N) is 3. The number of amides is 1. The fourth-order valence-electron chi connectivity index (χ4n) is 3.05. The number of anilines is 3. The summed E-state index contributed by atoms with van der Waals surface area (Å²) in [4.78, 5) is 39.2. The van der Waals surface area contributed by atoms with Crippen LogP contribution < -0.4 is 20.4 Å². The first-order chi connectivity index (χ1) is 16.7. The zero-order chi connectivity index (χ0) is 25.8. The maximum absolute atomic E-state index is 14.0. The first-order valence-electron chi connectivity index (χ1n) is 10.6. The minimum absolute atomic E-state index is 0.00109. The second-order valence-electron chi connectivity index (χ2n) is 7.53. The minimum atomic E-state index is -2.19. The van der Waals surface area contributed by atoms with Crippen LogP contribution in [0.2, 0.25) is 0 Å². The van der Waals surface area contributed by atoms with Crippen molar-refractivity contribution in [2.45, 2.75) is 6.42 Å². The molecule has 0 radical (unpaired) electrons. The molecule has 0 aliphatic heterocycles. The molecule has 0 unspecified atom stereocenters. The van der Waals surface area contributed by atoms with E-state index < -0.39 is 23.7 Å². The van der Waals surface area contributed by atoms with Gasteiger partial charge in [-0.1, -0.05) is 30.3 Å². The number of hydrogen-bond acceptors (Lipinski definition) is 8. The van der Waals surface area contributed by atoms with Gasteiger partial charge in [-0.2, -0.15) is 0 Å². The molecule has 184 valence electrons. The molecule has 0 atom stereocenters. The Bertz CT molecular complexity index is 1130. The average Bonchev–Trinajstić information content (AvgIpc) is 2.83. The standard InChI is InChI=1S/C23H25FN4O.C2H2O4/c1-27(2)16-9-17-28(18-10-4-3-5-11-18)22-21(14-8-15-25-22)26-23(29)19-12-6-7-13-20(19)24;3-1(4)2(5)6/h3-8,10-15H,9,16-17H2,1-2H3,(H,26,29);(H,3,4)(H,5,6)/p-2. The van der Waals surface area contributed by atoms with Crippen molar-refractivity contribution >= 4 is 35.0 Å². The fraction of sp³-hybridized carbons (Fsp3) is 0.200. The molecule has 1 heterocycles. The van der Waals surface area contributed by atoms with Gasteiger partial charge in [-0.15, -0.1) is 0 Å². The molecule has 0 fully saturated rings. The third kappa shape index (κ3) is 8.52. The van der Waals surface area contributed by atoms with Crippen LogP contribution in [0.5, 0.6) is 0 Å². The first kappa shape index (κ1) is 26.9. The molecule has 35 heavy (non-hydrogen) atoms. The number of carbonyl (C=O) groups is 3. The molecule has 3 aromatic rings. The van der Waals surface area contributed by atoms with E-state index in [1.807, 2.05) is 44.4 Å². The lowest BCUT2D eigenvalue weighted by molar-refractivity contribution is -0.345. The van der Waals surface area contributed by atoms with Crippen molar-refractivity contribution in [3.05, 3.63) is 84.3 Å². The summed E-state index contributed by atoms with van der Waals surface area (Å²) in [6.45, 7) is 1.65. The summed E-state index contributed by atoms with van der Waals surface area (Å²) in [5.41, 5.74) is 1.52. The van der Waals surface area contributed by atoms with Gasteiger partial charge >= 0.3 is 0 Å². The molecular weight excluding hydrogens is 455 g/mol. The number of carboxylic acids is 2. The SMILES string of the molecule is CN(C)CCCN(c1ccccc1)c1ncccc1NC(=O)c1ccccc1F.O=C([O-])C(=O)[O-]. The Morgan fingerprint density at radius 2 is 1.51 bits per heavy atom. The summed E-state index contributed by atoms with van der Waals surface area (Å²) < 4.78 is 14.0. The van der Waals surface area contributed by atoms with Gasteiger partial charge in [0.2, 0.25) is 0 Å². The minimum Gasteiger partial charge on any atom is -0.543 e. The second kappa shape index (κ2) is 13.4. The lowest BCUT2D eigenvalue weighted by atomic mass is 10.2. The van der Waals surface area contributed by atoms with Gasteiger partial charge in [0.15, 0.2) is 5.82 Å². The predicted octanol–water partition coefficient (Wildman–Crippen LogP) is 1.05. The van der Waals surface area contributed by atoms with Crippen molar-refractivity contribution in [1.82, 2.24) is 9.88 Å². The predicted molar refractivity (Wildman–Crippen MR) is 125 cm³/mol. The van der Waals surface area contributed by atoms with Crippen LogP contribution in [0.3, 0.4) is 0 Å². The lowest BCUT2D eigenvalue weighted by Crippen LogP contribution is -2.42. The van der Waals surface area contributed by atoms with Crippen LogP contribution in [0.15, 0.2) is 72.9 Å². The molecule has 0 bridgehead atoms. The van der Waals surface area contributed by atoms with Crippen LogP contribution in [0, 0.1) is 5.82 Å². The molecule has 0 aliphatic rings.